The van der Waals surface area contributed by atoms with E-state index < -0.39 is 32.2 Å². The number of nitrogens with one attached hydrogen (secondary N) is 1. The van der Waals surface area contributed by atoms with Crippen molar-refractivity contribution in [3.63, 3.8) is 0 Å². The fourth-order valence-electron chi connectivity index (χ4n) is 1.50. The van der Waals surface area contributed by atoms with Gasteiger partial charge in [0.05, 0.1) is 5.69 Å². The van der Waals surface area contributed by atoms with Crippen molar-refractivity contribution < 1.29 is 17.2 Å². The molecule has 0 bridgehead atoms. The molecule has 3 N–H and O–H groups in total. The Hall–Kier alpha value is -2.00. The molecule has 1 aromatic carbocycles. The van der Waals surface area contributed by atoms with Crippen molar-refractivity contribution in [1.82, 2.24) is 9.97 Å². The highest BCUT2D eigenvalue weighted by atomic mass is 35.5. The lowest BCUT2D eigenvalue weighted by Gasteiger charge is -2.09. The summed E-state index contributed by atoms with van der Waals surface area (Å²) in [5.74, 6) is -2.67. The molecule has 0 aliphatic heterocycles. The fraction of sp³-hybridized carbons (Fsp3) is 0.0909. The normalized spacial score (nSPS) is 11.4. The lowest BCUT2D eigenvalue weighted by molar-refractivity contribution is 0.553. The van der Waals surface area contributed by atoms with E-state index in [0.717, 1.165) is 0 Å². The Kier molecular flexibility index (Phi) is 3.97. The number of nitrogens with two attached hydrogens (primary N) is 1. The van der Waals surface area contributed by atoms with Crippen LogP contribution >= 0.6 is 11.6 Å². The molecule has 0 saturated carbocycles. The van der Waals surface area contributed by atoms with Crippen LogP contribution in [-0.2, 0) is 10.0 Å². The Bertz CT molecular complexity index is 794. The molecule has 0 aliphatic rings. The van der Waals surface area contributed by atoms with Gasteiger partial charge in [0.1, 0.15) is 21.7 Å². The molecule has 2 aromatic rings. The largest absolute Gasteiger partial charge is 0.396 e. The average molecular weight is 335 g/mol. The van der Waals surface area contributed by atoms with Gasteiger partial charge in [0.25, 0.3) is 10.0 Å². The highest BCUT2D eigenvalue weighted by molar-refractivity contribution is 7.92. The number of nitrogens with zero attached hydrogens (tertiary/aromatic N) is 2. The molecule has 10 heteroatoms. The first-order valence-corrected chi connectivity index (χ1v) is 7.33. The third-order valence-electron chi connectivity index (χ3n) is 2.39. The Labute approximate surface area is 124 Å². The average Bonchev–Trinajstić information content (AvgIpc) is 2.31. The molecule has 2 rings (SSSR count). The molecular weight excluding hydrogens is 326 g/mol. The van der Waals surface area contributed by atoms with Crippen molar-refractivity contribution in [2.75, 3.05) is 10.5 Å². The number of nitrogen functional groups attached to an aromatic ring is 1. The topological polar surface area (TPSA) is 98.0 Å². The number of aryl methyl sites for hydroxylation is 1. The van der Waals surface area contributed by atoms with Crippen LogP contribution < -0.4 is 10.5 Å². The van der Waals surface area contributed by atoms with Gasteiger partial charge in [-0.15, -0.1) is 0 Å². The molecule has 1 heterocycles. The fourth-order valence-corrected chi connectivity index (χ4v) is 2.78. The molecule has 0 spiro atoms. The summed E-state index contributed by atoms with van der Waals surface area (Å²) in [4.78, 5) is 6.63. The van der Waals surface area contributed by atoms with Gasteiger partial charge in [-0.05, 0) is 19.1 Å². The molecule has 1 aromatic heterocycles. The van der Waals surface area contributed by atoms with E-state index in [2.05, 4.69) is 9.97 Å². The zero-order valence-corrected chi connectivity index (χ0v) is 12.1. The molecule has 0 radical (unpaired) electrons. The number of hydrogen-bond donors (Lipinski definition) is 2. The van der Waals surface area contributed by atoms with Crippen LogP contribution in [0.5, 0.6) is 0 Å². The number of halogens is 3. The van der Waals surface area contributed by atoms with Crippen LogP contribution in [0.2, 0.25) is 5.15 Å². The Morgan fingerprint density at radius 3 is 2.48 bits per heavy atom. The zero-order chi connectivity index (χ0) is 15.8. The standard InChI is InChI=1S/C11H9ClF2N4O2S/c1-5-2-10(12)17-11(16-5)18-21(19,20)9-4-8(15)6(13)3-7(9)14/h2-4H,15H2,1H3,(H,16,17,18). The number of sulfonamides is 1. The first-order chi connectivity index (χ1) is 9.69. The molecule has 0 aliphatic carbocycles. The quantitative estimate of drug-likeness (QED) is 0.661. The van der Waals surface area contributed by atoms with Crippen molar-refractivity contribution in [2.45, 2.75) is 11.8 Å². The molecule has 0 fully saturated rings. The minimum atomic E-state index is -4.37. The van der Waals surface area contributed by atoms with Gasteiger partial charge in [-0.25, -0.2) is 31.9 Å². The second-order valence-corrected chi connectivity index (χ2v) is 6.10. The van der Waals surface area contributed by atoms with Gasteiger partial charge in [-0.2, -0.15) is 0 Å². The zero-order valence-electron chi connectivity index (χ0n) is 10.6. The minimum absolute atomic E-state index is 0.0132. The highest BCUT2D eigenvalue weighted by Gasteiger charge is 2.22. The SMILES string of the molecule is Cc1cc(Cl)nc(NS(=O)(=O)c2cc(N)c(F)cc2F)n1. The second-order valence-electron chi connectivity index (χ2n) is 4.07. The molecule has 0 unspecified atom stereocenters. The van der Waals surface area contributed by atoms with Crippen molar-refractivity contribution in [3.05, 3.63) is 40.7 Å². The number of benzene rings is 1. The van der Waals surface area contributed by atoms with Gasteiger partial charge in [0, 0.05) is 11.8 Å². The van der Waals surface area contributed by atoms with Crippen LogP contribution in [0.4, 0.5) is 20.4 Å². The van der Waals surface area contributed by atoms with Gasteiger partial charge in [-0.1, -0.05) is 11.6 Å². The van der Waals surface area contributed by atoms with Crippen LogP contribution in [-0.4, -0.2) is 18.4 Å². The molecule has 6 nitrogen and oxygen atoms in total. The predicted octanol–water partition coefficient (Wildman–Crippen LogP) is 2.10. The van der Waals surface area contributed by atoms with E-state index in [1.54, 1.807) is 6.92 Å². The monoisotopic (exact) mass is 334 g/mol. The number of aromatic nitrogens is 2. The summed E-state index contributed by atoms with van der Waals surface area (Å²) in [5.41, 5.74) is 5.15. The van der Waals surface area contributed by atoms with Crippen molar-refractivity contribution in [1.29, 1.82) is 0 Å². The highest BCUT2D eigenvalue weighted by Crippen LogP contribution is 2.23. The van der Waals surface area contributed by atoms with Crippen LogP contribution in [0.25, 0.3) is 0 Å². The lowest BCUT2D eigenvalue weighted by Crippen LogP contribution is -2.17. The summed E-state index contributed by atoms with van der Waals surface area (Å²) in [6, 6.07) is 2.47. The molecule has 0 amide bonds. The van der Waals surface area contributed by atoms with E-state index in [4.69, 9.17) is 17.3 Å². The smallest absolute Gasteiger partial charge is 0.267 e. The summed E-state index contributed by atoms with van der Waals surface area (Å²) < 4.78 is 52.7. The minimum Gasteiger partial charge on any atom is -0.396 e. The summed E-state index contributed by atoms with van der Waals surface area (Å²) >= 11 is 5.67. The predicted molar refractivity (Wildman–Crippen MR) is 73.4 cm³/mol. The van der Waals surface area contributed by atoms with E-state index in [0.29, 0.717) is 17.8 Å². The van der Waals surface area contributed by atoms with Gasteiger partial charge in [0.2, 0.25) is 5.95 Å². The van der Waals surface area contributed by atoms with Crippen LogP contribution in [0, 0.1) is 18.6 Å². The molecule has 21 heavy (non-hydrogen) atoms. The maximum Gasteiger partial charge on any atom is 0.267 e. The third-order valence-corrected chi connectivity index (χ3v) is 3.93. The number of anilines is 2. The van der Waals surface area contributed by atoms with Crippen molar-refractivity contribution >= 4 is 33.3 Å². The van der Waals surface area contributed by atoms with Gasteiger partial charge in [0.15, 0.2) is 0 Å². The van der Waals surface area contributed by atoms with Crippen LogP contribution in [0.1, 0.15) is 5.69 Å². The Balaban J connectivity index is 2.45. The van der Waals surface area contributed by atoms with Gasteiger partial charge in [-0.3, -0.25) is 0 Å². The van der Waals surface area contributed by atoms with E-state index in [1.807, 2.05) is 4.72 Å². The van der Waals surface area contributed by atoms with Crippen LogP contribution in [0.3, 0.4) is 0 Å². The Morgan fingerprint density at radius 1 is 1.19 bits per heavy atom. The molecule has 0 atom stereocenters. The van der Waals surface area contributed by atoms with Crippen molar-refractivity contribution in [2.24, 2.45) is 0 Å². The van der Waals surface area contributed by atoms with E-state index >= 15 is 0 Å². The number of hydrogen-bond acceptors (Lipinski definition) is 5. The summed E-state index contributed by atoms with van der Waals surface area (Å²) in [6.07, 6.45) is 0. The summed E-state index contributed by atoms with van der Waals surface area (Å²) in [6.45, 7) is 1.57. The molecule has 0 saturated heterocycles. The first kappa shape index (κ1) is 15.4. The molecule has 112 valence electrons. The maximum atomic E-state index is 13.6. The molecular formula is C11H9ClF2N4O2S. The first-order valence-electron chi connectivity index (χ1n) is 5.47. The van der Waals surface area contributed by atoms with E-state index in [1.165, 1.54) is 6.07 Å². The maximum absolute atomic E-state index is 13.6. The summed E-state index contributed by atoms with van der Waals surface area (Å²) in [5, 5.41) is 0.0132. The Morgan fingerprint density at radius 2 is 1.86 bits per heavy atom. The van der Waals surface area contributed by atoms with Gasteiger partial charge < -0.3 is 5.73 Å². The van der Waals surface area contributed by atoms with E-state index in [-0.39, 0.29) is 11.1 Å². The van der Waals surface area contributed by atoms with Crippen molar-refractivity contribution in [3.8, 4) is 0 Å². The lowest BCUT2D eigenvalue weighted by atomic mass is 10.3. The van der Waals surface area contributed by atoms with Crippen LogP contribution in [0.15, 0.2) is 23.1 Å². The van der Waals surface area contributed by atoms with Gasteiger partial charge >= 0.3 is 0 Å². The second kappa shape index (κ2) is 5.41. The number of rotatable bonds is 3. The summed E-state index contributed by atoms with van der Waals surface area (Å²) in [7, 11) is -4.37. The third kappa shape index (κ3) is 3.37. The van der Waals surface area contributed by atoms with E-state index in [9.17, 15) is 17.2 Å².